The summed E-state index contributed by atoms with van der Waals surface area (Å²) in [7, 11) is -3.36. The first-order chi connectivity index (χ1) is 17.6. The number of aromatic nitrogens is 2. The number of hydrogen-bond donors (Lipinski definition) is 1. The summed E-state index contributed by atoms with van der Waals surface area (Å²) in [6.07, 6.45) is 11.9. The number of benzene rings is 2. The number of amides is 1. The first kappa shape index (κ1) is 24.8. The Kier molecular flexibility index (Phi) is 6.42. The van der Waals surface area contributed by atoms with Crippen LogP contribution in [0.3, 0.4) is 0 Å². The van der Waals surface area contributed by atoms with Crippen molar-refractivity contribution in [2.24, 2.45) is 0 Å². The highest BCUT2D eigenvalue weighted by Gasteiger charge is 2.33. The van der Waals surface area contributed by atoms with E-state index in [1.165, 1.54) is 6.26 Å². The number of pyridine rings is 2. The first-order valence-electron chi connectivity index (χ1n) is 12.2. The van der Waals surface area contributed by atoms with Crippen molar-refractivity contribution in [2.75, 3.05) is 6.26 Å². The van der Waals surface area contributed by atoms with Crippen molar-refractivity contribution in [1.82, 2.24) is 15.3 Å². The zero-order valence-corrected chi connectivity index (χ0v) is 21.9. The van der Waals surface area contributed by atoms with Crippen LogP contribution in [0, 0.1) is 0 Å². The third-order valence-electron chi connectivity index (χ3n) is 6.94. The fraction of sp³-hybridized carbons (Fsp3) is 0.233. The molecular formula is C30H29N3O3S. The summed E-state index contributed by atoms with van der Waals surface area (Å²) in [5, 5.41) is 3.83. The van der Waals surface area contributed by atoms with Crippen molar-refractivity contribution in [2.45, 2.75) is 37.5 Å². The Balaban J connectivity index is 1.54. The quantitative estimate of drug-likeness (QED) is 0.329. The van der Waals surface area contributed by atoms with Crippen LogP contribution in [0.2, 0.25) is 0 Å². The Labute approximate surface area is 217 Å². The van der Waals surface area contributed by atoms with Crippen molar-refractivity contribution in [3.05, 3.63) is 90.4 Å². The lowest BCUT2D eigenvalue weighted by molar-refractivity contribution is -0.116. The van der Waals surface area contributed by atoms with Gasteiger partial charge in [-0.15, -0.1) is 0 Å². The summed E-state index contributed by atoms with van der Waals surface area (Å²) in [6.45, 7) is 3.46. The molecule has 2 aromatic heterocycles. The summed E-state index contributed by atoms with van der Waals surface area (Å²) in [4.78, 5) is 21.0. The molecule has 6 nitrogen and oxygen atoms in total. The predicted molar refractivity (Wildman–Crippen MR) is 148 cm³/mol. The van der Waals surface area contributed by atoms with Crippen molar-refractivity contribution in [3.63, 3.8) is 0 Å². The van der Waals surface area contributed by atoms with Gasteiger partial charge in [0.25, 0.3) is 0 Å². The molecule has 0 spiro atoms. The van der Waals surface area contributed by atoms with E-state index in [2.05, 4.69) is 21.4 Å². The van der Waals surface area contributed by atoms with Gasteiger partial charge >= 0.3 is 0 Å². The van der Waals surface area contributed by atoms with Gasteiger partial charge in [-0.05, 0) is 85.4 Å². The van der Waals surface area contributed by atoms with E-state index in [1.807, 2.05) is 48.5 Å². The second-order valence-electron chi connectivity index (χ2n) is 10.1. The average Bonchev–Trinajstić information content (AvgIpc) is 3.70. The molecule has 0 unspecified atom stereocenters. The van der Waals surface area contributed by atoms with Gasteiger partial charge in [-0.25, -0.2) is 8.42 Å². The Morgan fingerprint density at radius 2 is 1.78 bits per heavy atom. The molecule has 7 heteroatoms. The molecule has 188 valence electrons. The molecular weight excluding hydrogens is 482 g/mol. The second kappa shape index (κ2) is 9.56. The zero-order chi connectivity index (χ0) is 26.2. The minimum Gasteiger partial charge on any atom is -0.350 e. The smallest absolute Gasteiger partial charge is 0.244 e. The van der Waals surface area contributed by atoms with Crippen LogP contribution in [-0.4, -0.2) is 36.6 Å². The SMILES string of the molecule is CC(C)(c1cc(-c2cccc(-c3cncc(/C=C/C(=O)NC4CC4)c3)c2)c2ncccc2c1)S(C)(=O)=O. The number of hydrogen-bond acceptors (Lipinski definition) is 5. The van der Waals surface area contributed by atoms with Crippen LogP contribution in [0.4, 0.5) is 0 Å². The molecule has 1 aliphatic carbocycles. The largest absolute Gasteiger partial charge is 0.350 e. The van der Waals surface area contributed by atoms with Crippen LogP contribution in [-0.2, 0) is 19.4 Å². The summed E-state index contributed by atoms with van der Waals surface area (Å²) in [5.41, 5.74) is 6.02. The maximum absolute atomic E-state index is 12.6. The molecule has 0 radical (unpaired) electrons. The molecule has 1 amide bonds. The summed E-state index contributed by atoms with van der Waals surface area (Å²) in [6, 6.07) is 18.0. The molecule has 1 N–H and O–H groups in total. The summed E-state index contributed by atoms with van der Waals surface area (Å²) >= 11 is 0. The highest BCUT2D eigenvalue weighted by Crippen LogP contribution is 2.37. The maximum atomic E-state index is 12.6. The van der Waals surface area contributed by atoms with Gasteiger partial charge in [0.15, 0.2) is 9.84 Å². The van der Waals surface area contributed by atoms with Crippen LogP contribution >= 0.6 is 0 Å². The van der Waals surface area contributed by atoms with Gasteiger partial charge in [-0.1, -0.05) is 24.3 Å². The molecule has 5 rings (SSSR count). The molecule has 2 aromatic carbocycles. The fourth-order valence-electron chi connectivity index (χ4n) is 4.20. The highest BCUT2D eigenvalue weighted by atomic mass is 32.2. The van der Waals surface area contributed by atoms with Crippen molar-refractivity contribution in [1.29, 1.82) is 0 Å². The van der Waals surface area contributed by atoms with Gasteiger partial charge in [0.05, 0.1) is 10.3 Å². The molecule has 0 aliphatic heterocycles. The third-order valence-corrected chi connectivity index (χ3v) is 9.03. The first-order valence-corrected chi connectivity index (χ1v) is 14.1. The van der Waals surface area contributed by atoms with Crippen molar-refractivity contribution < 1.29 is 13.2 Å². The Morgan fingerprint density at radius 1 is 1.00 bits per heavy atom. The Bertz CT molecular complexity index is 1640. The summed E-state index contributed by atoms with van der Waals surface area (Å²) < 4.78 is 24.2. The standard InChI is InChI=1S/C30H29N3O3S/c1-30(2,37(3,35)36)25-16-23-8-5-13-32-29(23)27(17-25)22-7-4-6-21(15-22)24-14-20(18-31-19-24)9-12-28(34)33-26-10-11-26/h4-9,12-19,26H,10-11H2,1-3H3,(H,33,34)/b12-9+. The maximum Gasteiger partial charge on any atom is 0.244 e. The topological polar surface area (TPSA) is 89.0 Å². The Hall–Kier alpha value is -3.84. The molecule has 0 saturated heterocycles. The fourth-order valence-corrected chi connectivity index (χ4v) is 4.74. The number of rotatable bonds is 7. The zero-order valence-electron chi connectivity index (χ0n) is 21.1. The van der Waals surface area contributed by atoms with E-state index < -0.39 is 14.6 Å². The number of sulfone groups is 1. The van der Waals surface area contributed by atoms with Crippen LogP contribution in [0.15, 0.2) is 79.3 Å². The molecule has 4 aromatic rings. The number of carbonyl (C=O) groups excluding carboxylic acids is 1. The van der Waals surface area contributed by atoms with E-state index in [0.717, 1.165) is 51.6 Å². The van der Waals surface area contributed by atoms with Gasteiger partial charge < -0.3 is 5.32 Å². The van der Waals surface area contributed by atoms with Gasteiger partial charge in [0, 0.05) is 53.5 Å². The number of fused-ring (bicyclic) bond motifs is 1. The molecule has 1 aliphatic rings. The summed E-state index contributed by atoms with van der Waals surface area (Å²) in [5.74, 6) is -0.0915. The molecule has 37 heavy (non-hydrogen) atoms. The lowest BCUT2D eigenvalue weighted by atomic mass is 9.92. The van der Waals surface area contributed by atoms with Gasteiger partial charge in [-0.3, -0.25) is 14.8 Å². The highest BCUT2D eigenvalue weighted by molar-refractivity contribution is 7.91. The van der Waals surface area contributed by atoms with E-state index in [0.29, 0.717) is 11.6 Å². The van der Waals surface area contributed by atoms with Crippen LogP contribution < -0.4 is 5.32 Å². The van der Waals surface area contributed by atoms with E-state index in [9.17, 15) is 13.2 Å². The predicted octanol–water partition coefficient (Wildman–Crippen LogP) is 5.54. The number of nitrogens with one attached hydrogen (secondary N) is 1. The molecule has 0 atom stereocenters. The van der Waals surface area contributed by atoms with Gasteiger partial charge in [0.1, 0.15) is 0 Å². The van der Waals surface area contributed by atoms with E-state index in [1.54, 1.807) is 44.6 Å². The average molecular weight is 512 g/mol. The number of nitrogens with zero attached hydrogens (tertiary/aromatic N) is 2. The van der Waals surface area contributed by atoms with Gasteiger partial charge in [0.2, 0.25) is 5.91 Å². The minimum atomic E-state index is -3.36. The molecule has 2 heterocycles. The third kappa shape index (κ3) is 5.32. The second-order valence-corrected chi connectivity index (χ2v) is 12.7. The van der Waals surface area contributed by atoms with Crippen LogP contribution in [0.5, 0.6) is 0 Å². The van der Waals surface area contributed by atoms with Crippen molar-refractivity contribution >= 4 is 32.7 Å². The van der Waals surface area contributed by atoms with Gasteiger partial charge in [-0.2, -0.15) is 0 Å². The molecule has 1 saturated carbocycles. The molecule has 0 bridgehead atoms. The minimum absolute atomic E-state index is 0.0915. The monoisotopic (exact) mass is 511 g/mol. The lowest BCUT2D eigenvalue weighted by Crippen LogP contribution is -2.28. The normalized spacial score (nSPS) is 14.2. The van der Waals surface area contributed by atoms with Crippen molar-refractivity contribution in [3.8, 4) is 22.3 Å². The van der Waals surface area contributed by atoms with E-state index >= 15 is 0 Å². The Morgan fingerprint density at radius 3 is 2.54 bits per heavy atom. The van der Waals surface area contributed by atoms with E-state index in [4.69, 9.17) is 0 Å². The van der Waals surface area contributed by atoms with Crippen LogP contribution in [0.25, 0.3) is 39.2 Å². The molecule has 1 fully saturated rings. The lowest BCUT2D eigenvalue weighted by Gasteiger charge is -2.24. The van der Waals surface area contributed by atoms with Crippen LogP contribution in [0.1, 0.15) is 37.8 Å². The van der Waals surface area contributed by atoms with E-state index in [-0.39, 0.29) is 5.91 Å². The number of carbonyl (C=O) groups is 1.